The number of rotatable bonds is 2. The van der Waals surface area contributed by atoms with E-state index in [0.29, 0.717) is 26.7 Å². The van der Waals surface area contributed by atoms with Gasteiger partial charge in [0.2, 0.25) is 0 Å². The second-order valence-electron chi connectivity index (χ2n) is 9.08. The highest BCUT2D eigenvalue weighted by atomic mass is 35.5. The van der Waals surface area contributed by atoms with Crippen LogP contribution in [-0.2, 0) is 4.79 Å². The van der Waals surface area contributed by atoms with E-state index < -0.39 is 23.4 Å². The van der Waals surface area contributed by atoms with Gasteiger partial charge in [-0.05, 0) is 48.4 Å². The summed E-state index contributed by atoms with van der Waals surface area (Å²) in [6.07, 6.45) is 3.77. The molecule has 0 unspecified atom stereocenters. The quantitative estimate of drug-likeness (QED) is 0.415. The Morgan fingerprint density at radius 1 is 0.882 bits per heavy atom. The van der Waals surface area contributed by atoms with Crippen molar-refractivity contribution >= 4 is 52.3 Å². The number of anilines is 1. The number of carbonyl (C=O) groups is 3. The van der Waals surface area contributed by atoms with E-state index in [9.17, 15) is 14.4 Å². The second-order valence-corrected chi connectivity index (χ2v) is 9.95. The van der Waals surface area contributed by atoms with Crippen molar-refractivity contribution in [2.75, 3.05) is 4.90 Å². The maximum absolute atomic E-state index is 14.2. The molecule has 1 saturated heterocycles. The molecule has 0 N–H and O–H groups in total. The molecule has 2 heterocycles. The monoisotopic (exact) mass is 487 g/mol. The zero-order valence-electron chi connectivity index (χ0n) is 18.2. The molecule has 6 rings (SSSR count). The van der Waals surface area contributed by atoms with E-state index in [2.05, 4.69) is 0 Å². The topological polar surface area (TPSA) is 54.5 Å². The van der Waals surface area contributed by atoms with Gasteiger partial charge in [-0.15, -0.1) is 0 Å². The van der Waals surface area contributed by atoms with Gasteiger partial charge in [-0.3, -0.25) is 14.4 Å². The minimum absolute atomic E-state index is 0.125. The maximum Gasteiger partial charge on any atom is 0.180 e. The molecule has 1 spiro atoms. The molecular weight excluding hydrogens is 469 g/mol. The van der Waals surface area contributed by atoms with Crippen LogP contribution in [0, 0.1) is 5.41 Å². The van der Waals surface area contributed by atoms with Gasteiger partial charge in [-0.1, -0.05) is 71.8 Å². The van der Waals surface area contributed by atoms with Gasteiger partial charge in [0, 0.05) is 32.8 Å². The summed E-state index contributed by atoms with van der Waals surface area (Å²) in [4.78, 5) is 43.8. The average molecular weight is 488 g/mol. The van der Waals surface area contributed by atoms with Crippen LogP contribution in [0.2, 0.25) is 10.0 Å². The fraction of sp³-hybridized carbons (Fsp3) is 0.179. The van der Waals surface area contributed by atoms with Crippen LogP contribution in [0.5, 0.6) is 0 Å². The normalized spacial score (nSPS) is 23.7. The number of benzene rings is 3. The number of carbonyl (C=O) groups excluding carboxylic acids is 3. The molecule has 0 bridgehead atoms. The van der Waals surface area contributed by atoms with Crippen molar-refractivity contribution in [2.45, 2.75) is 24.9 Å². The van der Waals surface area contributed by atoms with E-state index in [4.69, 9.17) is 23.2 Å². The first kappa shape index (κ1) is 21.3. The smallest absolute Gasteiger partial charge is 0.180 e. The molecular formula is C28H19Cl2NO3. The number of hydrogen-bond donors (Lipinski definition) is 0. The van der Waals surface area contributed by atoms with Crippen LogP contribution < -0.4 is 4.90 Å². The molecule has 3 atom stereocenters. The lowest BCUT2D eigenvalue weighted by molar-refractivity contribution is -0.118. The highest BCUT2D eigenvalue weighted by Gasteiger charge is 2.71. The Hall–Kier alpha value is -3.21. The molecule has 1 fully saturated rings. The summed E-state index contributed by atoms with van der Waals surface area (Å²) in [5.41, 5.74) is 1.63. The summed E-state index contributed by atoms with van der Waals surface area (Å²) in [6.45, 7) is 1.52. The van der Waals surface area contributed by atoms with E-state index in [1.165, 1.54) is 6.92 Å². The van der Waals surface area contributed by atoms with E-state index in [1.807, 2.05) is 35.3 Å². The lowest BCUT2D eigenvalue weighted by atomic mass is 9.64. The van der Waals surface area contributed by atoms with Crippen LogP contribution >= 0.6 is 23.2 Å². The summed E-state index contributed by atoms with van der Waals surface area (Å²) in [5, 5.41) is 1.06. The van der Waals surface area contributed by atoms with E-state index in [1.54, 1.807) is 48.5 Å². The Morgan fingerprint density at radius 2 is 1.56 bits per heavy atom. The third kappa shape index (κ3) is 2.64. The van der Waals surface area contributed by atoms with E-state index >= 15 is 0 Å². The Kier molecular flexibility index (Phi) is 4.64. The number of fused-ring (bicyclic) bond motifs is 5. The molecule has 1 aliphatic carbocycles. The largest absolute Gasteiger partial charge is 0.352 e. The van der Waals surface area contributed by atoms with Crippen molar-refractivity contribution in [3.05, 3.63) is 105 Å². The molecule has 0 radical (unpaired) electrons. The van der Waals surface area contributed by atoms with Crippen molar-refractivity contribution in [3.63, 3.8) is 0 Å². The Morgan fingerprint density at radius 3 is 2.21 bits per heavy atom. The molecule has 0 aromatic heterocycles. The van der Waals surface area contributed by atoms with Gasteiger partial charge >= 0.3 is 0 Å². The van der Waals surface area contributed by atoms with E-state index in [0.717, 1.165) is 11.3 Å². The fourth-order valence-electron chi connectivity index (χ4n) is 6.17. The minimum Gasteiger partial charge on any atom is -0.352 e. The highest BCUT2D eigenvalue weighted by molar-refractivity contribution is 6.33. The van der Waals surface area contributed by atoms with Crippen molar-refractivity contribution in [1.29, 1.82) is 0 Å². The number of ketones is 3. The Balaban J connectivity index is 1.69. The van der Waals surface area contributed by atoms with Gasteiger partial charge in [0.05, 0.1) is 12.1 Å². The van der Waals surface area contributed by atoms with Crippen molar-refractivity contribution in [1.82, 2.24) is 0 Å². The summed E-state index contributed by atoms with van der Waals surface area (Å²) < 4.78 is 0. The van der Waals surface area contributed by atoms with Crippen LogP contribution in [0.4, 0.5) is 5.69 Å². The van der Waals surface area contributed by atoms with Crippen LogP contribution in [0.1, 0.15) is 44.7 Å². The van der Waals surface area contributed by atoms with Gasteiger partial charge in [-0.25, -0.2) is 0 Å². The minimum atomic E-state index is -1.49. The second kappa shape index (κ2) is 7.39. The lowest BCUT2D eigenvalue weighted by Gasteiger charge is -2.37. The van der Waals surface area contributed by atoms with Crippen molar-refractivity contribution < 1.29 is 14.4 Å². The predicted octanol–water partition coefficient (Wildman–Crippen LogP) is 6.02. The van der Waals surface area contributed by atoms with Crippen molar-refractivity contribution in [2.24, 2.45) is 5.41 Å². The molecule has 2 aliphatic heterocycles. The standard InChI is InChI=1S/C28H19Cl2NO3/c1-15(32)25-24(17-5-4-6-18(29)14-17)28(26(33)20-7-2-3-8-21(20)27(28)34)23-12-9-16-13-19(30)10-11-22(16)31(23)25/h2-14,23-25H,1H3/t23-,24+,25+/m1/s1. The predicted molar refractivity (Wildman–Crippen MR) is 133 cm³/mol. The molecule has 0 saturated carbocycles. The first-order valence-electron chi connectivity index (χ1n) is 11.1. The Labute approximate surface area is 206 Å². The molecule has 3 aromatic carbocycles. The number of Topliss-reactive ketones (excluding diaryl/α,β-unsaturated/α-hetero) is 3. The van der Waals surface area contributed by atoms with Gasteiger partial charge < -0.3 is 4.90 Å². The average Bonchev–Trinajstić information content (AvgIpc) is 3.26. The molecule has 0 amide bonds. The molecule has 6 heteroatoms. The number of nitrogens with zero attached hydrogens (tertiary/aromatic N) is 1. The fourth-order valence-corrected chi connectivity index (χ4v) is 6.55. The third-order valence-corrected chi connectivity index (χ3v) is 7.86. The molecule has 4 nitrogen and oxygen atoms in total. The number of halogens is 2. The SMILES string of the molecule is CC(=O)[C@H]1[C@H](c2cccc(Cl)c2)C2(C(=O)c3ccccc3C2=O)[C@H]2C=Cc3cc(Cl)ccc3N12. The summed E-state index contributed by atoms with van der Waals surface area (Å²) in [5.74, 6) is -1.34. The van der Waals surface area contributed by atoms with Gasteiger partial charge in [-0.2, -0.15) is 0 Å². The highest BCUT2D eigenvalue weighted by Crippen LogP contribution is 2.60. The van der Waals surface area contributed by atoms with Gasteiger partial charge in [0.1, 0.15) is 5.41 Å². The van der Waals surface area contributed by atoms with Gasteiger partial charge in [0.15, 0.2) is 17.3 Å². The van der Waals surface area contributed by atoms with Crippen molar-refractivity contribution in [3.8, 4) is 0 Å². The maximum atomic E-state index is 14.2. The molecule has 168 valence electrons. The lowest BCUT2D eigenvalue weighted by Crippen LogP contribution is -2.48. The third-order valence-electron chi connectivity index (χ3n) is 7.39. The molecule has 3 aromatic rings. The van der Waals surface area contributed by atoms with Gasteiger partial charge in [0.25, 0.3) is 0 Å². The van der Waals surface area contributed by atoms with Crippen LogP contribution in [0.25, 0.3) is 6.08 Å². The zero-order chi connectivity index (χ0) is 23.8. The summed E-state index contributed by atoms with van der Waals surface area (Å²) in [7, 11) is 0. The Bertz CT molecular complexity index is 1410. The molecule has 34 heavy (non-hydrogen) atoms. The molecule has 3 aliphatic rings. The first-order valence-corrected chi connectivity index (χ1v) is 11.8. The summed E-state index contributed by atoms with van der Waals surface area (Å²) in [6, 6.07) is 18.1. The number of hydrogen-bond acceptors (Lipinski definition) is 4. The van der Waals surface area contributed by atoms with Crippen LogP contribution in [-0.4, -0.2) is 29.4 Å². The van der Waals surface area contributed by atoms with Crippen LogP contribution in [0.15, 0.2) is 72.8 Å². The first-order chi connectivity index (χ1) is 16.4. The van der Waals surface area contributed by atoms with Crippen LogP contribution in [0.3, 0.4) is 0 Å². The van der Waals surface area contributed by atoms with E-state index in [-0.39, 0.29) is 17.3 Å². The summed E-state index contributed by atoms with van der Waals surface area (Å²) >= 11 is 12.6. The zero-order valence-corrected chi connectivity index (χ0v) is 19.7.